The molecule has 6 heteroatoms. The largest absolute Gasteiger partial charge is 0.462 e. The van der Waals surface area contributed by atoms with Gasteiger partial charge in [0, 0.05) is 19.3 Å². The van der Waals surface area contributed by atoms with Crippen LogP contribution in [0.15, 0.2) is 60.8 Å². The third-order valence-corrected chi connectivity index (χ3v) is 16.5. The lowest BCUT2D eigenvalue weighted by Crippen LogP contribution is -2.30. The highest BCUT2D eigenvalue weighted by Gasteiger charge is 2.19. The Hall–Kier alpha value is -2.89. The molecule has 83 heavy (non-hydrogen) atoms. The number of hydrogen-bond donors (Lipinski definition) is 0. The van der Waals surface area contributed by atoms with Gasteiger partial charge in [-0.1, -0.05) is 351 Å². The van der Waals surface area contributed by atoms with Gasteiger partial charge in [-0.25, -0.2) is 0 Å². The molecule has 484 valence electrons. The van der Waals surface area contributed by atoms with Crippen molar-refractivity contribution in [2.75, 3.05) is 13.2 Å². The normalized spacial score (nSPS) is 12.4. The second kappa shape index (κ2) is 71.6. The minimum absolute atomic E-state index is 0.0794. The summed E-state index contributed by atoms with van der Waals surface area (Å²) in [6.45, 7) is 6.56. The minimum atomic E-state index is -0.785. The van der Waals surface area contributed by atoms with E-state index in [4.69, 9.17) is 14.2 Å². The number of hydrogen-bond acceptors (Lipinski definition) is 6. The highest BCUT2D eigenvalue weighted by molar-refractivity contribution is 5.71. The topological polar surface area (TPSA) is 78.9 Å². The second-order valence-corrected chi connectivity index (χ2v) is 24.8. The molecule has 1 unspecified atom stereocenters. The van der Waals surface area contributed by atoms with Crippen molar-refractivity contribution in [3.05, 3.63) is 60.8 Å². The van der Waals surface area contributed by atoms with Gasteiger partial charge in [-0.05, 0) is 83.5 Å². The van der Waals surface area contributed by atoms with Gasteiger partial charge in [0.1, 0.15) is 13.2 Å². The molecule has 0 rings (SSSR count). The highest BCUT2D eigenvalue weighted by Crippen LogP contribution is 2.19. The predicted molar refractivity (Wildman–Crippen MR) is 362 cm³/mol. The molecule has 1 atom stereocenters. The maximum Gasteiger partial charge on any atom is 0.306 e. The van der Waals surface area contributed by atoms with Gasteiger partial charge in [0.15, 0.2) is 6.10 Å². The zero-order chi connectivity index (χ0) is 59.9. The van der Waals surface area contributed by atoms with E-state index in [2.05, 4.69) is 81.5 Å². The van der Waals surface area contributed by atoms with Gasteiger partial charge in [-0.3, -0.25) is 14.4 Å². The molecule has 0 bridgehead atoms. The molecule has 0 aromatic carbocycles. The Bertz CT molecular complexity index is 1470. The van der Waals surface area contributed by atoms with Gasteiger partial charge in [-0.15, -0.1) is 0 Å². The maximum atomic E-state index is 12.9. The van der Waals surface area contributed by atoms with Crippen molar-refractivity contribution in [1.82, 2.24) is 0 Å². The van der Waals surface area contributed by atoms with Crippen LogP contribution in [-0.2, 0) is 28.6 Å². The summed E-state index contributed by atoms with van der Waals surface area (Å²) < 4.78 is 17.0. The Labute approximate surface area is 517 Å². The monoisotopic (exact) mass is 1160 g/mol. The van der Waals surface area contributed by atoms with Crippen molar-refractivity contribution in [3.63, 3.8) is 0 Å². The van der Waals surface area contributed by atoms with Crippen LogP contribution in [0.3, 0.4) is 0 Å². The van der Waals surface area contributed by atoms with Gasteiger partial charge >= 0.3 is 17.9 Å². The number of unbranched alkanes of at least 4 members (excludes halogenated alkanes) is 47. The maximum absolute atomic E-state index is 12.9. The van der Waals surface area contributed by atoms with Crippen LogP contribution < -0.4 is 0 Å². The van der Waals surface area contributed by atoms with E-state index in [0.717, 1.165) is 96.3 Å². The van der Waals surface area contributed by atoms with Crippen LogP contribution in [0.2, 0.25) is 0 Å². The third kappa shape index (κ3) is 69.8. The number of ether oxygens (including phenoxy) is 3. The van der Waals surface area contributed by atoms with Crippen LogP contribution in [0.4, 0.5) is 0 Å². The first-order valence-electron chi connectivity index (χ1n) is 36.8. The Morgan fingerprint density at radius 1 is 0.253 bits per heavy atom. The standard InChI is InChI=1S/C77H140O6/c1-4-7-10-13-16-19-22-25-27-29-30-31-32-33-34-35-36-37-38-39-40-41-42-43-44-45-46-48-49-52-55-58-61-64-67-70-76(79)82-73-74(72-81-75(78)69-66-63-60-57-54-51-24-21-18-15-12-9-6-3)83-77(80)71-68-65-62-59-56-53-50-47-28-26-23-20-17-14-11-8-5-2/h8,11,17,20,26,28-30,50,53,74H,4-7,9-10,12-16,18-19,21-25,27,31-49,51-52,54-73H2,1-3H3/b11-8-,20-17-,28-26-,30-29-,53-50-. The summed E-state index contributed by atoms with van der Waals surface area (Å²) in [6.07, 6.45) is 92.8. The molecule has 6 nitrogen and oxygen atoms in total. The number of esters is 3. The predicted octanol–water partition coefficient (Wildman–Crippen LogP) is 25.5. The molecular formula is C77H140O6. The molecule has 0 heterocycles. The van der Waals surface area contributed by atoms with E-state index < -0.39 is 6.10 Å². The molecule has 0 saturated heterocycles. The lowest BCUT2D eigenvalue weighted by Gasteiger charge is -2.18. The fourth-order valence-corrected chi connectivity index (χ4v) is 11.0. The summed E-state index contributed by atoms with van der Waals surface area (Å²) in [5, 5.41) is 0. The van der Waals surface area contributed by atoms with E-state index in [9.17, 15) is 14.4 Å². The quantitative estimate of drug-likeness (QED) is 0.0261. The van der Waals surface area contributed by atoms with Gasteiger partial charge < -0.3 is 14.2 Å². The molecule has 0 amide bonds. The summed E-state index contributed by atoms with van der Waals surface area (Å²) in [6, 6.07) is 0. The Balaban J connectivity index is 4.09. The Kier molecular flexibility index (Phi) is 69.1. The van der Waals surface area contributed by atoms with Crippen LogP contribution >= 0.6 is 0 Å². The molecule has 0 fully saturated rings. The Morgan fingerprint density at radius 2 is 0.470 bits per heavy atom. The van der Waals surface area contributed by atoms with Crippen molar-refractivity contribution in [3.8, 4) is 0 Å². The number of carbonyl (C=O) groups is 3. The molecule has 0 spiro atoms. The average Bonchev–Trinajstić information content (AvgIpc) is 3.49. The first kappa shape index (κ1) is 80.1. The number of rotatable bonds is 68. The van der Waals surface area contributed by atoms with Crippen LogP contribution in [0.5, 0.6) is 0 Å². The van der Waals surface area contributed by atoms with E-state index >= 15 is 0 Å². The molecule has 0 saturated carbocycles. The van der Waals surface area contributed by atoms with Crippen LogP contribution in [-0.4, -0.2) is 37.2 Å². The van der Waals surface area contributed by atoms with Crippen LogP contribution in [0, 0.1) is 0 Å². The lowest BCUT2D eigenvalue weighted by atomic mass is 10.0. The molecule has 0 N–H and O–H groups in total. The first-order chi connectivity index (χ1) is 41.0. The van der Waals surface area contributed by atoms with Gasteiger partial charge in [0.25, 0.3) is 0 Å². The average molecular weight is 1160 g/mol. The second-order valence-electron chi connectivity index (χ2n) is 24.8. The first-order valence-corrected chi connectivity index (χ1v) is 36.8. The Morgan fingerprint density at radius 3 is 0.747 bits per heavy atom. The summed E-state index contributed by atoms with van der Waals surface area (Å²) in [5.41, 5.74) is 0. The lowest BCUT2D eigenvalue weighted by molar-refractivity contribution is -0.167. The zero-order valence-corrected chi connectivity index (χ0v) is 55.7. The minimum Gasteiger partial charge on any atom is -0.462 e. The van der Waals surface area contributed by atoms with Crippen molar-refractivity contribution in [2.45, 2.75) is 399 Å². The molecule has 0 aromatic rings. The fourth-order valence-electron chi connectivity index (χ4n) is 11.0. The number of carbonyl (C=O) groups excluding carboxylic acids is 3. The van der Waals surface area contributed by atoms with E-state index in [-0.39, 0.29) is 31.1 Å². The number of allylic oxidation sites excluding steroid dienone is 10. The van der Waals surface area contributed by atoms with Crippen LogP contribution in [0.1, 0.15) is 393 Å². The van der Waals surface area contributed by atoms with Crippen molar-refractivity contribution in [2.24, 2.45) is 0 Å². The van der Waals surface area contributed by atoms with E-state index in [0.29, 0.717) is 19.3 Å². The molecule has 0 radical (unpaired) electrons. The molecule has 0 aliphatic carbocycles. The SMILES string of the molecule is CC/C=C\C/C=C\C/C=C\C/C=C\CCCCCCC(=O)OC(COC(=O)CCCCCCCCCCCCCCC)COC(=O)CCCCCCCCCCCCCCCCCCCCCCCCC/C=C\CCCCCCCCCC. The molecule has 0 aliphatic heterocycles. The zero-order valence-electron chi connectivity index (χ0n) is 55.7. The summed E-state index contributed by atoms with van der Waals surface area (Å²) >= 11 is 0. The molecule has 0 aromatic heterocycles. The van der Waals surface area contributed by atoms with Gasteiger partial charge in [0.2, 0.25) is 0 Å². The third-order valence-electron chi connectivity index (χ3n) is 16.5. The summed E-state index contributed by atoms with van der Waals surface area (Å²) in [5.74, 6) is -0.880. The summed E-state index contributed by atoms with van der Waals surface area (Å²) in [7, 11) is 0. The van der Waals surface area contributed by atoms with Crippen molar-refractivity contribution < 1.29 is 28.6 Å². The summed E-state index contributed by atoms with van der Waals surface area (Å²) in [4.78, 5) is 38.4. The van der Waals surface area contributed by atoms with Gasteiger partial charge in [0.05, 0.1) is 0 Å². The van der Waals surface area contributed by atoms with Crippen molar-refractivity contribution >= 4 is 17.9 Å². The molecule has 0 aliphatic rings. The van der Waals surface area contributed by atoms with E-state index in [1.807, 2.05) is 0 Å². The van der Waals surface area contributed by atoms with Gasteiger partial charge in [-0.2, -0.15) is 0 Å². The van der Waals surface area contributed by atoms with Crippen molar-refractivity contribution in [1.29, 1.82) is 0 Å². The van der Waals surface area contributed by atoms with E-state index in [1.54, 1.807) is 0 Å². The smallest absolute Gasteiger partial charge is 0.306 e. The fraction of sp³-hybridized carbons (Fsp3) is 0.831. The van der Waals surface area contributed by atoms with Crippen LogP contribution in [0.25, 0.3) is 0 Å². The molecular weight excluding hydrogens is 1020 g/mol. The highest BCUT2D eigenvalue weighted by atomic mass is 16.6. The van der Waals surface area contributed by atoms with E-state index in [1.165, 1.54) is 257 Å².